The molecule has 1 heterocycles. The molecule has 140 valence electrons. The van der Waals surface area contributed by atoms with Crippen molar-refractivity contribution in [2.75, 3.05) is 19.0 Å². The van der Waals surface area contributed by atoms with Gasteiger partial charge in [0.05, 0.1) is 19.4 Å². The van der Waals surface area contributed by atoms with Crippen LogP contribution in [0.5, 0.6) is 0 Å². The van der Waals surface area contributed by atoms with Gasteiger partial charge in [0.1, 0.15) is 11.5 Å². The van der Waals surface area contributed by atoms with E-state index in [0.29, 0.717) is 19.4 Å². The zero-order valence-electron chi connectivity index (χ0n) is 15.9. The van der Waals surface area contributed by atoms with Gasteiger partial charge in [0.25, 0.3) is 0 Å². The minimum Gasteiger partial charge on any atom is -0.466 e. The molecular weight excluding hydrogens is 343 g/mol. The fourth-order valence-electron chi connectivity index (χ4n) is 2.63. The van der Waals surface area contributed by atoms with Gasteiger partial charge in [-0.25, -0.2) is 0 Å². The predicted octanol–water partition coefficient (Wildman–Crippen LogP) is 6.34. The van der Waals surface area contributed by atoms with Gasteiger partial charge in [-0.05, 0) is 39.4 Å². The van der Waals surface area contributed by atoms with Crippen molar-refractivity contribution in [1.82, 2.24) is 0 Å². The molecule has 0 aliphatic carbocycles. The van der Waals surface area contributed by atoms with Gasteiger partial charge in [0.15, 0.2) is 0 Å². The normalized spacial score (nSPS) is 12.0. The summed E-state index contributed by atoms with van der Waals surface area (Å²) in [4.78, 5) is 0. The molecule has 0 aliphatic rings. The largest absolute Gasteiger partial charge is 0.466 e. The highest BCUT2D eigenvalue weighted by molar-refractivity contribution is 7.98. The Kier molecular flexibility index (Phi) is 10.4. The first-order valence-corrected chi connectivity index (χ1v) is 11.9. The van der Waals surface area contributed by atoms with Gasteiger partial charge in [0, 0.05) is 23.3 Å². The molecule has 0 aliphatic heterocycles. The second-order valence-corrected chi connectivity index (χ2v) is 8.96. The van der Waals surface area contributed by atoms with E-state index in [1.54, 1.807) is 0 Å². The van der Waals surface area contributed by atoms with E-state index in [0.717, 1.165) is 41.4 Å². The predicted molar refractivity (Wildman–Crippen MR) is 103 cm³/mol. The van der Waals surface area contributed by atoms with E-state index in [-0.39, 0.29) is 0 Å². The maximum atomic E-state index is 13.0. The third-order valence-corrected chi connectivity index (χ3v) is 6.85. The van der Waals surface area contributed by atoms with Crippen LogP contribution in [-0.2, 0) is 31.9 Å². The smallest absolute Gasteiger partial charge is 0.335 e. The summed E-state index contributed by atoms with van der Waals surface area (Å²) in [5.41, 5.74) is 2.22. The average molecular weight is 376 g/mol. The third kappa shape index (κ3) is 6.59. The van der Waals surface area contributed by atoms with Crippen molar-refractivity contribution in [1.29, 1.82) is 0 Å². The lowest BCUT2D eigenvalue weighted by Crippen LogP contribution is -2.02. The molecule has 0 atom stereocenters. The molecule has 1 rings (SSSR count). The lowest BCUT2D eigenvalue weighted by molar-refractivity contribution is 0.219. The number of hydrogen-bond acceptors (Lipinski definition) is 5. The van der Waals surface area contributed by atoms with E-state index in [1.807, 2.05) is 32.5 Å². The molecule has 0 saturated heterocycles. The summed E-state index contributed by atoms with van der Waals surface area (Å²) >= 11 is 1.91. The molecule has 4 nitrogen and oxygen atoms in total. The van der Waals surface area contributed by atoms with Crippen molar-refractivity contribution < 1.29 is 18.0 Å². The molecule has 0 fully saturated rings. The number of unbranched alkanes of at least 4 members (excludes halogenated alkanes) is 1. The highest BCUT2D eigenvalue weighted by atomic mass is 32.2. The second kappa shape index (κ2) is 11.4. The minimum atomic E-state index is -3.12. The van der Waals surface area contributed by atoms with Crippen LogP contribution in [0, 0.1) is 6.92 Å². The lowest BCUT2D eigenvalue weighted by atomic mass is 10.1. The summed E-state index contributed by atoms with van der Waals surface area (Å²) in [6.07, 6.45) is 4.58. The van der Waals surface area contributed by atoms with Crippen LogP contribution in [0.2, 0.25) is 0 Å². The monoisotopic (exact) mass is 376 g/mol. The van der Waals surface area contributed by atoms with E-state index in [2.05, 4.69) is 13.8 Å². The molecule has 0 unspecified atom stereocenters. The third-order valence-electron chi connectivity index (χ3n) is 3.77. The zero-order valence-corrected chi connectivity index (χ0v) is 17.6. The molecule has 1 aromatic rings. The first kappa shape index (κ1) is 21.8. The zero-order chi connectivity index (χ0) is 18.0. The summed E-state index contributed by atoms with van der Waals surface area (Å²) in [6, 6.07) is 0. The molecule has 6 heteroatoms. The minimum absolute atomic E-state index is 0.311. The molecule has 0 amide bonds. The highest BCUT2D eigenvalue weighted by Gasteiger charge is 2.29. The summed E-state index contributed by atoms with van der Waals surface area (Å²) in [6.45, 7) is 10.8. The molecule has 0 radical (unpaired) electrons. The Hall–Kier alpha value is -0.220. The first-order chi connectivity index (χ1) is 11.5. The number of thioether (sulfide) groups is 1. The Morgan fingerprint density at radius 2 is 1.71 bits per heavy atom. The fourth-order valence-corrected chi connectivity index (χ4v) is 5.64. The van der Waals surface area contributed by atoms with Gasteiger partial charge in [0.2, 0.25) is 0 Å². The fraction of sp³-hybridized carbons (Fsp3) is 0.778. The summed E-state index contributed by atoms with van der Waals surface area (Å²) in [5.74, 6) is 3.92. The van der Waals surface area contributed by atoms with Crippen LogP contribution in [0.1, 0.15) is 69.6 Å². The molecule has 0 aromatic carbocycles. The van der Waals surface area contributed by atoms with Crippen LogP contribution in [0.25, 0.3) is 0 Å². The number of aryl methyl sites for hydroxylation is 2. The van der Waals surface area contributed by atoms with Crippen molar-refractivity contribution in [3.63, 3.8) is 0 Å². The molecule has 0 bridgehead atoms. The standard InChI is InChI=1S/C18H33O4PS/c1-6-10-12-24-14-17-15(5)22-18(11-7-2)16(17)13-23(19,20-8-3)21-9-4/h6-14H2,1-5H3. The van der Waals surface area contributed by atoms with Crippen molar-refractivity contribution >= 4 is 19.4 Å². The average Bonchev–Trinajstić information content (AvgIpc) is 2.80. The van der Waals surface area contributed by atoms with Gasteiger partial charge in [-0.1, -0.05) is 20.3 Å². The van der Waals surface area contributed by atoms with Crippen molar-refractivity contribution in [3.05, 3.63) is 22.6 Å². The molecule has 24 heavy (non-hydrogen) atoms. The van der Waals surface area contributed by atoms with Crippen molar-refractivity contribution in [3.8, 4) is 0 Å². The number of rotatable bonds is 13. The Balaban J connectivity index is 3.04. The maximum absolute atomic E-state index is 13.0. The van der Waals surface area contributed by atoms with E-state index >= 15 is 0 Å². The maximum Gasteiger partial charge on any atom is 0.335 e. The van der Waals surface area contributed by atoms with Crippen LogP contribution in [0.4, 0.5) is 0 Å². The van der Waals surface area contributed by atoms with Crippen LogP contribution >= 0.6 is 19.4 Å². The van der Waals surface area contributed by atoms with E-state index < -0.39 is 7.60 Å². The Labute approximate surface area is 151 Å². The number of furan rings is 1. The molecule has 0 N–H and O–H groups in total. The van der Waals surface area contributed by atoms with Crippen molar-refractivity contribution in [2.24, 2.45) is 0 Å². The Bertz CT molecular complexity index is 517. The van der Waals surface area contributed by atoms with Gasteiger partial charge in [-0.3, -0.25) is 4.57 Å². The summed E-state index contributed by atoms with van der Waals surface area (Å²) in [7, 11) is -3.12. The second-order valence-electron chi connectivity index (χ2n) is 5.80. The van der Waals surface area contributed by atoms with E-state index in [9.17, 15) is 4.57 Å². The topological polar surface area (TPSA) is 48.7 Å². The molecule has 0 spiro atoms. The quantitative estimate of drug-likeness (QED) is 0.297. The van der Waals surface area contributed by atoms with Crippen LogP contribution in [-0.4, -0.2) is 19.0 Å². The van der Waals surface area contributed by atoms with Crippen LogP contribution in [0.15, 0.2) is 4.42 Å². The molecular formula is C18H33O4PS. The highest BCUT2D eigenvalue weighted by Crippen LogP contribution is 2.53. The Morgan fingerprint density at radius 1 is 1.04 bits per heavy atom. The van der Waals surface area contributed by atoms with E-state index in [1.165, 1.54) is 18.4 Å². The van der Waals surface area contributed by atoms with Gasteiger partial charge < -0.3 is 13.5 Å². The summed E-state index contributed by atoms with van der Waals surface area (Å²) in [5, 5.41) is 0. The van der Waals surface area contributed by atoms with E-state index in [4.69, 9.17) is 13.5 Å². The van der Waals surface area contributed by atoms with Gasteiger partial charge >= 0.3 is 7.60 Å². The van der Waals surface area contributed by atoms with Crippen LogP contribution < -0.4 is 0 Å². The first-order valence-electron chi connectivity index (χ1n) is 9.07. The Morgan fingerprint density at radius 3 is 2.25 bits per heavy atom. The van der Waals surface area contributed by atoms with Crippen LogP contribution in [0.3, 0.4) is 0 Å². The lowest BCUT2D eigenvalue weighted by Gasteiger charge is -2.18. The summed E-state index contributed by atoms with van der Waals surface area (Å²) < 4.78 is 30.0. The number of hydrogen-bond donors (Lipinski definition) is 0. The molecule has 0 saturated carbocycles. The van der Waals surface area contributed by atoms with Gasteiger partial charge in [-0.2, -0.15) is 11.8 Å². The molecule has 1 aromatic heterocycles. The SMILES string of the molecule is CCCCSCc1c(C)oc(CCC)c1CP(=O)(OCC)OCC. The van der Waals surface area contributed by atoms with Crippen molar-refractivity contribution in [2.45, 2.75) is 72.2 Å². The van der Waals surface area contributed by atoms with Gasteiger partial charge in [-0.15, -0.1) is 0 Å².